The second kappa shape index (κ2) is 2.21. The van der Waals surface area contributed by atoms with Crippen LogP contribution in [0.3, 0.4) is 0 Å². The Morgan fingerprint density at radius 3 is 2.80 bits per heavy atom. The lowest BCUT2D eigenvalue weighted by Crippen LogP contribution is -2.26. The van der Waals surface area contributed by atoms with Crippen LogP contribution in [0.5, 0.6) is 0 Å². The van der Waals surface area contributed by atoms with Gasteiger partial charge in [0.1, 0.15) is 0 Å². The van der Waals surface area contributed by atoms with Crippen LogP contribution >= 0.6 is 0 Å². The molecule has 0 aliphatic carbocycles. The van der Waals surface area contributed by atoms with Gasteiger partial charge in [0.25, 0.3) is 0 Å². The molecular formula is C8H14O2. The Kier molecular flexibility index (Phi) is 1.46. The van der Waals surface area contributed by atoms with Crippen molar-refractivity contribution in [2.75, 3.05) is 6.61 Å². The van der Waals surface area contributed by atoms with E-state index in [0.29, 0.717) is 6.10 Å². The van der Waals surface area contributed by atoms with E-state index in [9.17, 15) is 0 Å². The van der Waals surface area contributed by atoms with Crippen molar-refractivity contribution in [2.24, 2.45) is 0 Å². The molecule has 0 saturated carbocycles. The highest BCUT2D eigenvalue weighted by molar-refractivity contribution is 4.82. The summed E-state index contributed by atoms with van der Waals surface area (Å²) in [5.41, 5.74) is 0. The summed E-state index contributed by atoms with van der Waals surface area (Å²) >= 11 is 0. The van der Waals surface area contributed by atoms with Crippen LogP contribution in [0.1, 0.15) is 32.6 Å². The van der Waals surface area contributed by atoms with Crippen molar-refractivity contribution in [1.82, 2.24) is 0 Å². The monoisotopic (exact) mass is 142 g/mol. The maximum atomic E-state index is 5.69. The zero-order valence-corrected chi connectivity index (χ0v) is 6.43. The van der Waals surface area contributed by atoms with E-state index >= 15 is 0 Å². The average molecular weight is 142 g/mol. The fourth-order valence-electron chi connectivity index (χ4n) is 1.87. The van der Waals surface area contributed by atoms with Gasteiger partial charge >= 0.3 is 0 Å². The van der Waals surface area contributed by atoms with Gasteiger partial charge in [-0.2, -0.15) is 0 Å². The van der Waals surface area contributed by atoms with Crippen LogP contribution in [0.15, 0.2) is 0 Å². The van der Waals surface area contributed by atoms with E-state index in [4.69, 9.17) is 9.47 Å². The van der Waals surface area contributed by atoms with Gasteiger partial charge in [0, 0.05) is 12.8 Å². The van der Waals surface area contributed by atoms with Crippen molar-refractivity contribution in [3.63, 3.8) is 0 Å². The first-order valence-electron chi connectivity index (χ1n) is 4.13. The molecule has 0 amide bonds. The number of ether oxygens (including phenoxy) is 2. The van der Waals surface area contributed by atoms with Crippen LogP contribution in [0.25, 0.3) is 0 Å². The summed E-state index contributed by atoms with van der Waals surface area (Å²) < 4.78 is 11.2. The molecule has 2 saturated heterocycles. The number of rotatable bonds is 0. The van der Waals surface area contributed by atoms with Gasteiger partial charge in [0.15, 0.2) is 5.79 Å². The summed E-state index contributed by atoms with van der Waals surface area (Å²) in [4.78, 5) is 0. The molecule has 0 bridgehead atoms. The Labute approximate surface area is 61.5 Å². The normalized spacial score (nSPS) is 47.1. The van der Waals surface area contributed by atoms with E-state index in [1.807, 2.05) is 0 Å². The fraction of sp³-hybridized carbons (Fsp3) is 1.00. The molecule has 2 fully saturated rings. The summed E-state index contributed by atoms with van der Waals surface area (Å²) in [6, 6.07) is 0. The Balaban J connectivity index is 2.03. The highest BCUT2D eigenvalue weighted by atomic mass is 16.7. The zero-order chi connectivity index (χ0) is 7.03. The molecule has 0 aromatic heterocycles. The van der Waals surface area contributed by atoms with Crippen molar-refractivity contribution < 1.29 is 9.47 Å². The van der Waals surface area contributed by atoms with Crippen molar-refractivity contribution >= 4 is 0 Å². The minimum atomic E-state index is -0.139. The van der Waals surface area contributed by atoms with Crippen molar-refractivity contribution in [3.8, 4) is 0 Å². The van der Waals surface area contributed by atoms with E-state index in [0.717, 1.165) is 19.4 Å². The third kappa shape index (κ3) is 0.956. The molecule has 2 heterocycles. The fourth-order valence-corrected chi connectivity index (χ4v) is 1.87. The minimum absolute atomic E-state index is 0.139. The summed E-state index contributed by atoms with van der Waals surface area (Å²) in [6.45, 7) is 3.02. The van der Waals surface area contributed by atoms with Gasteiger partial charge in [0.2, 0.25) is 0 Å². The number of hydrogen-bond donors (Lipinski definition) is 0. The summed E-state index contributed by atoms with van der Waals surface area (Å²) in [7, 11) is 0. The largest absolute Gasteiger partial charge is 0.350 e. The second-order valence-electron chi connectivity index (χ2n) is 3.33. The summed E-state index contributed by atoms with van der Waals surface area (Å²) in [5, 5.41) is 0. The summed E-state index contributed by atoms with van der Waals surface area (Å²) in [6.07, 6.45) is 4.97. The summed E-state index contributed by atoms with van der Waals surface area (Å²) in [5.74, 6) is -0.139. The van der Waals surface area contributed by atoms with Crippen molar-refractivity contribution in [1.29, 1.82) is 0 Å². The van der Waals surface area contributed by atoms with E-state index in [1.54, 1.807) is 0 Å². The Bertz CT molecular complexity index is 127. The predicted molar refractivity (Wildman–Crippen MR) is 37.7 cm³/mol. The molecule has 58 valence electrons. The molecule has 2 aliphatic heterocycles. The molecule has 10 heavy (non-hydrogen) atoms. The van der Waals surface area contributed by atoms with Gasteiger partial charge in [-0.1, -0.05) is 0 Å². The van der Waals surface area contributed by atoms with Crippen LogP contribution in [0.2, 0.25) is 0 Å². The molecular weight excluding hydrogens is 128 g/mol. The third-order valence-electron chi connectivity index (χ3n) is 2.41. The first kappa shape index (κ1) is 6.62. The van der Waals surface area contributed by atoms with Crippen LogP contribution in [-0.4, -0.2) is 18.5 Å². The first-order chi connectivity index (χ1) is 4.81. The van der Waals surface area contributed by atoms with Crippen molar-refractivity contribution in [3.05, 3.63) is 0 Å². The van der Waals surface area contributed by atoms with Crippen LogP contribution in [0.4, 0.5) is 0 Å². The Morgan fingerprint density at radius 2 is 2.30 bits per heavy atom. The van der Waals surface area contributed by atoms with Crippen LogP contribution in [-0.2, 0) is 9.47 Å². The van der Waals surface area contributed by atoms with Crippen LogP contribution < -0.4 is 0 Å². The highest BCUT2D eigenvalue weighted by Gasteiger charge is 2.42. The first-order valence-corrected chi connectivity index (χ1v) is 4.13. The van der Waals surface area contributed by atoms with Gasteiger partial charge in [-0.15, -0.1) is 0 Å². The van der Waals surface area contributed by atoms with Gasteiger partial charge in [-0.05, 0) is 19.8 Å². The van der Waals surface area contributed by atoms with Crippen LogP contribution in [0, 0.1) is 0 Å². The highest BCUT2D eigenvalue weighted by Crippen LogP contribution is 2.38. The standard InChI is InChI=1S/C8H14O2/c1-7-3-5-8(10-7)4-2-6-9-8/h7H,2-6H2,1H3/t7-,8-/m0/s1. The Morgan fingerprint density at radius 1 is 1.40 bits per heavy atom. The maximum absolute atomic E-state index is 5.69. The number of hydrogen-bond acceptors (Lipinski definition) is 2. The van der Waals surface area contributed by atoms with E-state index in [2.05, 4.69) is 6.92 Å². The maximum Gasteiger partial charge on any atom is 0.168 e. The molecule has 2 nitrogen and oxygen atoms in total. The molecule has 0 aromatic carbocycles. The van der Waals surface area contributed by atoms with Gasteiger partial charge in [-0.3, -0.25) is 0 Å². The minimum Gasteiger partial charge on any atom is -0.350 e. The molecule has 0 radical (unpaired) electrons. The lowest BCUT2D eigenvalue weighted by molar-refractivity contribution is -0.195. The molecule has 1 spiro atoms. The smallest absolute Gasteiger partial charge is 0.168 e. The molecule has 0 unspecified atom stereocenters. The lowest BCUT2D eigenvalue weighted by Gasteiger charge is -2.21. The van der Waals surface area contributed by atoms with E-state index in [-0.39, 0.29) is 5.79 Å². The quantitative estimate of drug-likeness (QED) is 0.512. The van der Waals surface area contributed by atoms with Gasteiger partial charge in [-0.25, -0.2) is 0 Å². The molecule has 2 atom stereocenters. The van der Waals surface area contributed by atoms with Gasteiger partial charge in [0.05, 0.1) is 12.7 Å². The second-order valence-corrected chi connectivity index (χ2v) is 3.33. The zero-order valence-electron chi connectivity index (χ0n) is 6.43. The molecule has 2 aliphatic rings. The molecule has 2 rings (SSSR count). The average Bonchev–Trinajstić information content (AvgIpc) is 2.46. The SMILES string of the molecule is C[C@H]1CC[C@]2(CCCO2)O1. The van der Waals surface area contributed by atoms with E-state index < -0.39 is 0 Å². The predicted octanol–water partition coefficient (Wildman–Crippen LogP) is 1.69. The van der Waals surface area contributed by atoms with Crippen molar-refractivity contribution in [2.45, 2.75) is 44.5 Å². The molecule has 0 aromatic rings. The third-order valence-corrected chi connectivity index (χ3v) is 2.41. The van der Waals surface area contributed by atoms with Gasteiger partial charge < -0.3 is 9.47 Å². The lowest BCUT2D eigenvalue weighted by atomic mass is 10.1. The Hall–Kier alpha value is -0.0800. The topological polar surface area (TPSA) is 18.5 Å². The molecule has 2 heteroatoms. The van der Waals surface area contributed by atoms with E-state index in [1.165, 1.54) is 12.8 Å². The molecule has 0 N–H and O–H groups in total.